The number of ether oxygens (including phenoxy) is 1. The van der Waals surface area contributed by atoms with Crippen molar-refractivity contribution in [1.82, 2.24) is 4.90 Å². The zero-order valence-electron chi connectivity index (χ0n) is 16.9. The number of carbonyl (C=O) groups excluding carboxylic acids is 1. The molecule has 3 N–H and O–H groups in total. The van der Waals surface area contributed by atoms with Crippen LogP contribution in [0.3, 0.4) is 0 Å². The second-order valence-electron chi connectivity index (χ2n) is 7.35. The Balaban J connectivity index is 1.78. The first-order valence-corrected chi connectivity index (χ1v) is 9.91. The molecule has 6 nitrogen and oxygen atoms in total. The molecule has 150 valence electrons. The number of likely N-dealkylation sites (N-methyl/N-ethyl adjacent to an activating group) is 1. The van der Waals surface area contributed by atoms with Crippen molar-refractivity contribution in [2.75, 3.05) is 48.7 Å². The molecular formula is C22H30N4O2. The molecule has 1 fully saturated rings. The predicted octanol–water partition coefficient (Wildman–Crippen LogP) is 3.45. The summed E-state index contributed by atoms with van der Waals surface area (Å²) in [5.41, 5.74) is 8.93. The molecule has 1 aliphatic rings. The van der Waals surface area contributed by atoms with E-state index in [4.69, 9.17) is 10.5 Å². The summed E-state index contributed by atoms with van der Waals surface area (Å²) in [5.74, 6) is 0.513. The topological polar surface area (TPSA) is 70.8 Å². The van der Waals surface area contributed by atoms with E-state index in [0.29, 0.717) is 17.0 Å². The van der Waals surface area contributed by atoms with E-state index in [1.54, 1.807) is 12.1 Å². The van der Waals surface area contributed by atoms with Crippen molar-refractivity contribution in [3.63, 3.8) is 0 Å². The summed E-state index contributed by atoms with van der Waals surface area (Å²) < 4.78 is 5.70. The molecule has 0 aromatic heterocycles. The van der Waals surface area contributed by atoms with Crippen molar-refractivity contribution in [3.8, 4) is 5.75 Å². The highest BCUT2D eigenvalue weighted by atomic mass is 16.5. The molecule has 1 amide bonds. The van der Waals surface area contributed by atoms with Gasteiger partial charge in [-0.2, -0.15) is 0 Å². The van der Waals surface area contributed by atoms with Crippen molar-refractivity contribution in [2.24, 2.45) is 0 Å². The quantitative estimate of drug-likeness (QED) is 0.749. The number of hydrogen-bond donors (Lipinski definition) is 2. The molecule has 0 radical (unpaired) electrons. The molecule has 28 heavy (non-hydrogen) atoms. The molecule has 0 atom stereocenters. The van der Waals surface area contributed by atoms with Gasteiger partial charge in [0.2, 0.25) is 0 Å². The first-order valence-electron chi connectivity index (χ1n) is 9.91. The van der Waals surface area contributed by atoms with Crippen LogP contribution in [-0.2, 0) is 0 Å². The number of nitrogens with one attached hydrogen (secondary N) is 1. The highest BCUT2D eigenvalue weighted by molar-refractivity contribution is 6.06. The lowest BCUT2D eigenvalue weighted by Gasteiger charge is -2.36. The van der Waals surface area contributed by atoms with Crippen LogP contribution in [-0.4, -0.2) is 49.6 Å². The van der Waals surface area contributed by atoms with E-state index < -0.39 is 0 Å². The Morgan fingerprint density at radius 3 is 2.57 bits per heavy atom. The van der Waals surface area contributed by atoms with Crippen LogP contribution in [0.25, 0.3) is 0 Å². The number of nitrogens with zero attached hydrogens (tertiary/aromatic N) is 2. The maximum absolute atomic E-state index is 12.9. The van der Waals surface area contributed by atoms with Crippen LogP contribution in [0.4, 0.5) is 17.1 Å². The molecule has 0 bridgehead atoms. The zero-order chi connectivity index (χ0) is 20.1. The molecule has 1 aliphatic heterocycles. The molecule has 1 saturated heterocycles. The lowest BCUT2D eigenvalue weighted by atomic mass is 10.1. The molecule has 0 aliphatic carbocycles. The molecule has 1 heterocycles. The number of amides is 1. The Morgan fingerprint density at radius 2 is 1.89 bits per heavy atom. The van der Waals surface area contributed by atoms with Gasteiger partial charge >= 0.3 is 0 Å². The summed E-state index contributed by atoms with van der Waals surface area (Å²) >= 11 is 0. The average Bonchev–Trinajstić information content (AvgIpc) is 2.68. The van der Waals surface area contributed by atoms with Crippen molar-refractivity contribution >= 4 is 23.0 Å². The third-order valence-electron chi connectivity index (χ3n) is 4.90. The number of rotatable bonds is 6. The molecule has 6 heteroatoms. The second kappa shape index (κ2) is 8.97. The number of piperazine rings is 1. The maximum Gasteiger partial charge on any atom is 0.255 e. The molecule has 2 aromatic rings. The van der Waals surface area contributed by atoms with Gasteiger partial charge in [0.25, 0.3) is 5.91 Å². The Hall–Kier alpha value is -2.73. The Labute approximate surface area is 167 Å². The van der Waals surface area contributed by atoms with Gasteiger partial charge in [0, 0.05) is 37.4 Å². The zero-order valence-corrected chi connectivity index (χ0v) is 16.9. The minimum absolute atomic E-state index is 0.0561. The van der Waals surface area contributed by atoms with E-state index in [0.717, 1.165) is 44.1 Å². The van der Waals surface area contributed by atoms with Crippen LogP contribution >= 0.6 is 0 Å². The number of hydrogen-bond acceptors (Lipinski definition) is 5. The molecule has 3 rings (SSSR count). The van der Waals surface area contributed by atoms with Gasteiger partial charge in [-0.05, 0) is 56.8 Å². The largest absolute Gasteiger partial charge is 0.491 e. The highest BCUT2D eigenvalue weighted by Gasteiger charge is 2.19. The molecule has 0 unspecified atom stereocenters. The summed E-state index contributed by atoms with van der Waals surface area (Å²) in [7, 11) is 0. The summed E-state index contributed by atoms with van der Waals surface area (Å²) in [4.78, 5) is 17.6. The summed E-state index contributed by atoms with van der Waals surface area (Å²) in [6, 6.07) is 12.9. The van der Waals surface area contributed by atoms with Crippen LogP contribution in [0, 0.1) is 0 Å². The predicted molar refractivity (Wildman–Crippen MR) is 115 cm³/mol. The fraction of sp³-hybridized carbons (Fsp3) is 0.409. The minimum atomic E-state index is -0.173. The van der Waals surface area contributed by atoms with Gasteiger partial charge in [-0.1, -0.05) is 13.0 Å². The normalized spacial score (nSPS) is 14.9. The van der Waals surface area contributed by atoms with Gasteiger partial charge in [-0.15, -0.1) is 0 Å². The van der Waals surface area contributed by atoms with Gasteiger partial charge in [-0.25, -0.2) is 0 Å². The minimum Gasteiger partial charge on any atom is -0.491 e. The van der Waals surface area contributed by atoms with Gasteiger partial charge in [0.15, 0.2) is 0 Å². The van der Waals surface area contributed by atoms with Crippen LogP contribution in [0.1, 0.15) is 31.1 Å². The monoisotopic (exact) mass is 382 g/mol. The third-order valence-corrected chi connectivity index (χ3v) is 4.90. The van der Waals surface area contributed by atoms with Crippen molar-refractivity contribution in [2.45, 2.75) is 26.9 Å². The van der Waals surface area contributed by atoms with Gasteiger partial charge in [0.1, 0.15) is 5.75 Å². The average molecular weight is 383 g/mol. The van der Waals surface area contributed by atoms with E-state index in [1.165, 1.54) is 0 Å². The molecule has 0 saturated carbocycles. The number of carbonyl (C=O) groups is 1. The lowest BCUT2D eigenvalue weighted by Crippen LogP contribution is -2.46. The lowest BCUT2D eigenvalue weighted by molar-refractivity contribution is 0.102. The van der Waals surface area contributed by atoms with Gasteiger partial charge in [-0.3, -0.25) is 4.79 Å². The van der Waals surface area contributed by atoms with Crippen molar-refractivity contribution in [3.05, 3.63) is 48.0 Å². The molecule has 2 aromatic carbocycles. The Kier molecular flexibility index (Phi) is 6.41. The third kappa shape index (κ3) is 4.95. The Morgan fingerprint density at radius 1 is 1.14 bits per heavy atom. The van der Waals surface area contributed by atoms with Crippen LogP contribution in [0.5, 0.6) is 5.75 Å². The van der Waals surface area contributed by atoms with Gasteiger partial charge in [0.05, 0.1) is 17.5 Å². The van der Waals surface area contributed by atoms with Crippen LogP contribution in [0.15, 0.2) is 42.5 Å². The highest BCUT2D eigenvalue weighted by Crippen LogP contribution is 2.30. The van der Waals surface area contributed by atoms with Crippen LogP contribution in [0.2, 0.25) is 0 Å². The smallest absolute Gasteiger partial charge is 0.255 e. The van der Waals surface area contributed by atoms with E-state index in [2.05, 4.69) is 22.0 Å². The first kappa shape index (κ1) is 20.0. The summed E-state index contributed by atoms with van der Waals surface area (Å²) in [6.45, 7) is 11.1. The molecule has 0 spiro atoms. The van der Waals surface area contributed by atoms with E-state index >= 15 is 0 Å². The Bertz CT molecular complexity index is 814. The first-order chi connectivity index (χ1) is 13.5. The van der Waals surface area contributed by atoms with Crippen molar-refractivity contribution in [1.29, 1.82) is 0 Å². The second-order valence-corrected chi connectivity index (χ2v) is 7.35. The number of nitrogen functional groups attached to an aromatic ring is 1. The fourth-order valence-electron chi connectivity index (χ4n) is 3.41. The fourth-order valence-corrected chi connectivity index (χ4v) is 3.41. The number of nitrogens with two attached hydrogens (primary N) is 1. The van der Waals surface area contributed by atoms with Gasteiger partial charge < -0.3 is 25.6 Å². The maximum atomic E-state index is 12.9. The summed E-state index contributed by atoms with van der Waals surface area (Å²) in [6.07, 6.45) is 0.0561. The van der Waals surface area contributed by atoms with Crippen LogP contribution < -0.4 is 20.7 Å². The molecular weight excluding hydrogens is 352 g/mol. The van der Waals surface area contributed by atoms with E-state index in [1.807, 2.05) is 44.2 Å². The number of benzene rings is 2. The summed E-state index contributed by atoms with van der Waals surface area (Å²) in [5, 5.41) is 3.04. The van der Waals surface area contributed by atoms with E-state index in [-0.39, 0.29) is 12.0 Å². The van der Waals surface area contributed by atoms with E-state index in [9.17, 15) is 4.79 Å². The standard InChI is InChI=1S/C22H30N4O2/c1-4-25-10-12-26(13-11-25)21-9-8-18(23)15-20(21)24-22(27)17-6-5-7-19(14-17)28-16(2)3/h5-9,14-16H,4,10-13,23H2,1-3H3,(H,24,27). The van der Waals surface area contributed by atoms with Crippen molar-refractivity contribution < 1.29 is 9.53 Å². The number of anilines is 3. The SMILES string of the molecule is CCN1CCN(c2ccc(N)cc2NC(=O)c2cccc(OC(C)C)c2)CC1.